The van der Waals surface area contributed by atoms with E-state index in [4.69, 9.17) is 40.0 Å². The van der Waals surface area contributed by atoms with Crippen molar-refractivity contribution in [3.05, 3.63) is 168 Å². The van der Waals surface area contributed by atoms with Crippen LogP contribution in [0.1, 0.15) is 151 Å². The van der Waals surface area contributed by atoms with Crippen LogP contribution in [0.4, 0.5) is 0 Å². The van der Waals surface area contributed by atoms with Crippen molar-refractivity contribution in [1.82, 2.24) is 60.1 Å². The molecule has 2 aliphatic heterocycles. The van der Waals surface area contributed by atoms with Gasteiger partial charge in [0.2, 0.25) is 11.1 Å². The third kappa shape index (κ3) is 40.2. The number of hydrogen-bond donors (Lipinski definition) is 2. The Morgan fingerprint density at radius 2 is 0.939 bits per heavy atom. The second kappa shape index (κ2) is 49.3. The highest BCUT2D eigenvalue weighted by atomic mass is 35.5. The Bertz CT molecular complexity index is 3580. The molecule has 0 fully saturated rings. The number of nitrogens with one attached hydrogen (secondary N) is 1. The van der Waals surface area contributed by atoms with Gasteiger partial charge in [-0.1, -0.05) is 32.9 Å². The van der Waals surface area contributed by atoms with Gasteiger partial charge in [-0.05, 0) is 174 Å². The maximum absolute atomic E-state index is 12.1. The highest BCUT2D eigenvalue weighted by molar-refractivity contribution is 7.55. The normalized spacial score (nSPS) is 12.9. The van der Waals surface area contributed by atoms with E-state index in [0.29, 0.717) is 60.3 Å². The Morgan fingerprint density at radius 3 is 1.24 bits per heavy atom. The van der Waals surface area contributed by atoms with E-state index < -0.39 is 42.5 Å². The fraction of sp³-hybridized carbons (Fsp3) is 0.382. The quantitative estimate of drug-likeness (QED) is 0.0166. The Morgan fingerprint density at radius 1 is 0.566 bits per heavy atom. The van der Waals surface area contributed by atoms with Crippen LogP contribution in [0.15, 0.2) is 139 Å². The number of carbonyl (C=O) groups excluding carboxylic acids is 9. The lowest BCUT2D eigenvalue weighted by Crippen LogP contribution is -2.38. The Hall–Kier alpha value is -10.2. The summed E-state index contributed by atoms with van der Waals surface area (Å²) in [5, 5.41) is 10.9. The SMILES string of the molecule is C/C(=C\c1ncccn1)C(=O)N1CCC=CC1=O.C/C(=C\c1ncccn1)C(=O)O.C/C(=C\c1ncccn1)C(=O)OC(=O)C(C)(C)C.CC(C)(C)C(=O)Cl.CCOC(=O)/C(C)=C/c1ncccn1.CCOC(=O)C(C)P(=O)(OCC)OCC.O=C1C=CCCN1.O=Cc1ncccn1. The minimum atomic E-state index is -3.37. The topological polar surface area (TPSA) is 398 Å². The maximum atomic E-state index is 12.1. The van der Waals surface area contributed by atoms with E-state index in [1.165, 1.54) is 49.4 Å². The van der Waals surface area contributed by atoms with Crippen LogP contribution in [0.25, 0.3) is 24.3 Å². The fourth-order valence-corrected chi connectivity index (χ4v) is 7.61. The lowest BCUT2D eigenvalue weighted by Gasteiger charge is -2.21. The Kier molecular flexibility index (Phi) is 44.2. The molecule has 5 aromatic rings. The molecule has 534 valence electrons. The minimum Gasteiger partial charge on any atom is -0.478 e. The molecule has 31 heteroatoms. The molecule has 99 heavy (non-hydrogen) atoms. The van der Waals surface area contributed by atoms with Crippen molar-refractivity contribution >= 4 is 103 Å². The summed E-state index contributed by atoms with van der Waals surface area (Å²) in [5.74, 6) is -1.60. The third-order valence-corrected chi connectivity index (χ3v) is 14.3. The second-order valence-electron chi connectivity index (χ2n) is 21.7. The monoisotopic (exact) mass is 1410 g/mol. The first-order chi connectivity index (χ1) is 46.7. The van der Waals surface area contributed by atoms with E-state index in [2.05, 4.69) is 55.2 Å². The van der Waals surface area contributed by atoms with Crippen LogP contribution in [0.2, 0.25) is 0 Å². The summed E-state index contributed by atoms with van der Waals surface area (Å²) in [6.07, 6.45) is 30.7. The zero-order valence-electron chi connectivity index (χ0n) is 58.3. The number of imide groups is 1. The van der Waals surface area contributed by atoms with Gasteiger partial charge in [-0.15, -0.1) is 0 Å². The summed E-state index contributed by atoms with van der Waals surface area (Å²) >= 11 is 5.11. The van der Waals surface area contributed by atoms with Gasteiger partial charge in [-0.25, -0.2) is 64.2 Å². The molecule has 2 aliphatic rings. The molecule has 0 saturated heterocycles. The first kappa shape index (κ1) is 88.8. The first-order valence-electron chi connectivity index (χ1n) is 30.6. The van der Waals surface area contributed by atoms with Crippen molar-refractivity contribution in [2.75, 3.05) is 39.5 Å². The van der Waals surface area contributed by atoms with E-state index in [1.54, 1.807) is 194 Å². The number of carbonyl (C=O) groups is 10. The van der Waals surface area contributed by atoms with Gasteiger partial charge < -0.3 is 33.7 Å². The smallest absolute Gasteiger partial charge is 0.344 e. The number of nitrogens with zero attached hydrogens (tertiary/aromatic N) is 11. The van der Waals surface area contributed by atoms with Crippen LogP contribution in [-0.4, -0.2) is 164 Å². The zero-order chi connectivity index (χ0) is 75.0. The molecular formula is C68H88ClN12O17P. The lowest BCUT2D eigenvalue weighted by atomic mass is 9.97. The standard InChI is InChI=1S/C13H13N3O2.C13H16N2O3.C10H12N2O2.C9H19O5P.C8H8N2O2.C5H9ClO.C5H4N2O.C5H7NO/c1-10(9-11-14-6-4-7-15-11)13(18)16-8-3-2-5-12(16)17;1-9(8-10-14-6-5-7-15-10)11(16)18-12(17)13(2,3)4;1-3-14-10(13)8(2)7-9-11-5-4-6-12-9;1-5-12-9(10)8(4)15(11,13-6-2)14-7-3;1-6(8(11)12)5-7-9-3-2-4-10-7;1-5(2,3)4(6)7;8-4-5-6-2-1-3-7-5;7-5-3-1-2-4-6-5/h2,4-7,9H,3,8H2,1H3;5-8H,1-4H3;4-7H,3H2,1-2H3;8H,5-7H2,1-4H3;2-5H,1H3,(H,11,12);1-3H3;1-4H;1,3H,2,4H2,(H,6,7)/b10-9+;9-8+;8-7+;;6-5+;;;. The van der Waals surface area contributed by atoms with E-state index in [-0.39, 0.29) is 71.1 Å². The van der Waals surface area contributed by atoms with Gasteiger partial charge in [0.25, 0.3) is 11.8 Å². The number of halogens is 1. The third-order valence-electron chi connectivity index (χ3n) is 11.3. The molecule has 29 nitrogen and oxygen atoms in total. The molecule has 0 spiro atoms. The van der Waals surface area contributed by atoms with Gasteiger partial charge in [0.05, 0.1) is 31.8 Å². The van der Waals surface area contributed by atoms with Crippen LogP contribution < -0.4 is 5.32 Å². The molecule has 1 atom stereocenters. The number of ether oxygens (including phenoxy) is 3. The van der Waals surface area contributed by atoms with E-state index >= 15 is 0 Å². The molecule has 7 heterocycles. The van der Waals surface area contributed by atoms with Crippen LogP contribution in [0.3, 0.4) is 0 Å². The number of aromatic nitrogens is 10. The number of esters is 4. The highest BCUT2D eigenvalue weighted by Gasteiger charge is 2.38. The Labute approximate surface area is 581 Å². The molecule has 0 bridgehead atoms. The van der Waals surface area contributed by atoms with Crippen LogP contribution >= 0.6 is 19.2 Å². The number of aldehydes is 1. The molecule has 0 aliphatic carbocycles. The molecule has 5 aromatic heterocycles. The van der Waals surface area contributed by atoms with Crippen molar-refractivity contribution in [3.8, 4) is 0 Å². The fourth-order valence-electron chi connectivity index (χ4n) is 6.03. The predicted molar refractivity (Wildman–Crippen MR) is 369 cm³/mol. The summed E-state index contributed by atoms with van der Waals surface area (Å²) < 4.78 is 36.5. The summed E-state index contributed by atoms with van der Waals surface area (Å²) in [7, 11) is -3.37. The Balaban J connectivity index is 0.00000113. The number of hydrogen-bond acceptors (Lipinski definition) is 26. The number of carboxylic acid groups (broad SMARTS) is 1. The van der Waals surface area contributed by atoms with E-state index in [0.717, 1.165) is 13.0 Å². The van der Waals surface area contributed by atoms with Crippen LogP contribution in [0.5, 0.6) is 0 Å². The predicted octanol–water partition coefficient (Wildman–Crippen LogP) is 9.95. The molecule has 1 unspecified atom stereocenters. The number of carboxylic acids is 1. The van der Waals surface area contributed by atoms with Gasteiger partial charge >= 0.3 is 37.4 Å². The van der Waals surface area contributed by atoms with Crippen molar-refractivity contribution in [2.24, 2.45) is 10.8 Å². The summed E-state index contributed by atoms with van der Waals surface area (Å²) in [5.41, 5.74) is -0.513. The van der Waals surface area contributed by atoms with E-state index in [9.17, 15) is 52.5 Å². The number of amides is 3. The lowest BCUT2D eigenvalue weighted by molar-refractivity contribution is -0.163. The molecule has 2 N–H and O–H groups in total. The minimum absolute atomic E-state index is 0.0336. The second-order valence-corrected chi connectivity index (χ2v) is 24.4. The zero-order valence-corrected chi connectivity index (χ0v) is 60.0. The average molecular weight is 1410 g/mol. The number of rotatable bonds is 17. The molecule has 0 saturated carbocycles. The molecule has 0 radical (unpaired) electrons. The largest absolute Gasteiger partial charge is 0.478 e. The van der Waals surface area contributed by atoms with E-state index in [1.807, 2.05) is 6.08 Å². The number of aliphatic carboxylic acids is 1. The molecule has 3 amide bonds. The molecular weight excluding hydrogens is 1320 g/mol. The van der Waals surface area contributed by atoms with Crippen molar-refractivity contribution in [1.29, 1.82) is 0 Å². The molecule has 7 rings (SSSR count). The van der Waals surface area contributed by atoms with Crippen molar-refractivity contribution in [3.63, 3.8) is 0 Å². The van der Waals surface area contributed by atoms with Crippen LogP contribution in [0, 0.1) is 10.8 Å². The summed E-state index contributed by atoms with van der Waals surface area (Å²) in [6.45, 7) is 27.4. The first-order valence-corrected chi connectivity index (χ1v) is 32.6. The van der Waals surface area contributed by atoms with Gasteiger partial charge in [-0.2, -0.15) is 0 Å². The van der Waals surface area contributed by atoms with Gasteiger partial charge in [0.15, 0.2) is 41.1 Å². The van der Waals surface area contributed by atoms with Gasteiger partial charge in [0, 0.05) is 103 Å². The summed E-state index contributed by atoms with van der Waals surface area (Å²) in [6, 6.07) is 8.43. The van der Waals surface area contributed by atoms with Crippen LogP contribution in [-0.2, 0) is 71.0 Å². The maximum Gasteiger partial charge on any atom is 0.344 e. The van der Waals surface area contributed by atoms with Gasteiger partial charge in [-0.3, -0.25) is 43.0 Å². The summed E-state index contributed by atoms with van der Waals surface area (Å²) in [4.78, 5) is 150. The molecule has 0 aromatic carbocycles. The average Bonchev–Trinajstić information content (AvgIpc) is 0.863. The van der Waals surface area contributed by atoms with Crippen molar-refractivity contribution < 1.29 is 80.9 Å². The van der Waals surface area contributed by atoms with Crippen molar-refractivity contribution in [2.45, 2.75) is 122 Å². The van der Waals surface area contributed by atoms with Gasteiger partial charge in [0.1, 0.15) is 0 Å². The highest BCUT2D eigenvalue weighted by Crippen LogP contribution is 2.53.